The summed E-state index contributed by atoms with van der Waals surface area (Å²) in [5, 5.41) is 9.21. The summed E-state index contributed by atoms with van der Waals surface area (Å²) in [6.45, 7) is 2.99. The number of nitrogens with zero attached hydrogens (tertiary/aromatic N) is 4. The minimum Gasteiger partial charge on any atom is -0.340 e. The Hall–Kier alpha value is -4.86. The van der Waals surface area contributed by atoms with Crippen molar-refractivity contribution in [3.05, 3.63) is 118 Å². The Morgan fingerprint density at radius 1 is 1.04 bits per heavy atom. The minimum absolute atomic E-state index is 0.0154. The number of rotatable bonds is 6. The van der Waals surface area contributed by atoms with E-state index in [-0.39, 0.29) is 24.2 Å². The number of aromatic nitrogens is 2. The van der Waals surface area contributed by atoms with Gasteiger partial charge in [0.05, 0.1) is 35.1 Å². The highest BCUT2D eigenvalue weighted by molar-refractivity contribution is 5.92. The van der Waals surface area contributed by atoms with Crippen LogP contribution in [-0.2, 0) is 11.0 Å². The number of nitriles is 1. The molecular formula is C37H35F5N6O. The summed E-state index contributed by atoms with van der Waals surface area (Å²) >= 11 is 0. The van der Waals surface area contributed by atoms with Crippen LogP contribution in [0, 0.1) is 29.9 Å². The molecule has 2 aliphatic heterocycles. The molecule has 7 nitrogen and oxygen atoms in total. The number of alkyl halides is 3. The van der Waals surface area contributed by atoms with E-state index >= 15 is 4.39 Å². The molecule has 0 saturated carbocycles. The van der Waals surface area contributed by atoms with Crippen molar-refractivity contribution in [1.29, 1.82) is 5.26 Å². The first-order valence-electron chi connectivity index (χ1n) is 16.1. The smallest absolute Gasteiger partial charge is 0.340 e. The van der Waals surface area contributed by atoms with Crippen molar-refractivity contribution in [2.75, 3.05) is 19.6 Å². The first kappa shape index (κ1) is 34.0. The lowest BCUT2D eigenvalue weighted by Crippen LogP contribution is -2.55. The van der Waals surface area contributed by atoms with Crippen LogP contribution in [0.4, 0.5) is 22.0 Å². The van der Waals surface area contributed by atoms with Gasteiger partial charge in [-0.15, -0.1) is 0 Å². The van der Waals surface area contributed by atoms with E-state index < -0.39 is 46.8 Å². The molecule has 3 atom stereocenters. The van der Waals surface area contributed by atoms with E-state index in [1.807, 2.05) is 0 Å². The van der Waals surface area contributed by atoms with Crippen molar-refractivity contribution in [1.82, 2.24) is 19.8 Å². The maximum Gasteiger partial charge on any atom is 0.417 e. The summed E-state index contributed by atoms with van der Waals surface area (Å²) in [5.74, 6) is -2.07. The highest BCUT2D eigenvalue weighted by Crippen LogP contribution is 2.44. The second-order valence-electron chi connectivity index (χ2n) is 12.7. The number of hydrogen-bond acceptors (Lipinski definition) is 5. The zero-order valence-corrected chi connectivity index (χ0v) is 26.7. The molecule has 0 aliphatic carbocycles. The van der Waals surface area contributed by atoms with Crippen LogP contribution >= 0.6 is 0 Å². The highest BCUT2D eigenvalue weighted by Gasteiger charge is 2.43. The number of aromatic amines is 1. The van der Waals surface area contributed by atoms with Gasteiger partial charge < -0.3 is 15.6 Å². The number of carbonyl (C=O) groups is 1. The zero-order chi connectivity index (χ0) is 34.9. The molecule has 3 heterocycles. The first-order chi connectivity index (χ1) is 23.4. The quantitative estimate of drug-likeness (QED) is 0.168. The summed E-state index contributed by atoms with van der Waals surface area (Å²) in [7, 11) is 0. The average Bonchev–Trinajstić information content (AvgIpc) is 3.58. The summed E-state index contributed by atoms with van der Waals surface area (Å²) < 4.78 is 70.9. The fraction of sp³-hybridized carbons (Fsp3) is 0.324. The molecule has 254 valence electrons. The first-order valence-corrected chi connectivity index (χ1v) is 16.1. The normalized spacial score (nSPS) is 20.9. The number of amides is 1. The van der Waals surface area contributed by atoms with E-state index in [0.29, 0.717) is 36.6 Å². The van der Waals surface area contributed by atoms with Crippen molar-refractivity contribution in [2.45, 2.75) is 56.4 Å². The van der Waals surface area contributed by atoms with Crippen LogP contribution in [-0.4, -0.2) is 57.4 Å². The number of halogens is 5. The Morgan fingerprint density at radius 2 is 1.73 bits per heavy atom. The van der Waals surface area contributed by atoms with E-state index in [1.165, 1.54) is 19.1 Å². The number of imidazole rings is 1. The Balaban J connectivity index is 1.44. The molecule has 2 saturated heterocycles. The van der Waals surface area contributed by atoms with Gasteiger partial charge in [0.15, 0.2) is 0 Å². The largest absolute Gasteiger partial charge is 0.417 e. The van der Waals surface area contributed by atoms with Crippen LogP contribution in [0.15, 0.2) is 72.9 Å². The number of hydrogen-bond donors (Lipinski definition) is 2. The Kier molecular flexibility index (Phi) is 9.68. The van der Waals surface area contributed by atoms with E-state index in [4.69, 9.17) is 5.73 Å². The molecular weight excluding hydrogens is 639 g/mol. The van der Waals surface area contributed by atoms with E-state index in [0.717, 1.165) is 48.3 Å². The molecule has 49 heavy (non-hydrogen) atoms. The predicted octanol–water partition coefficient (Wildman–Crippen LogP) is 7.12. The summed E-state index contributed by atoms with van der Waals surface area (Å²) in [6, 6.07) is 16.1. The zero-order valence-electron chi connectivity index (χ0n) is 26.7. The van der Waals surface area contributed by atoms with Gasteiger partial charge in [-0.25, -0.2) is 13.8 Å². The molecule has 3 aromatic carbocycles. The molecule has 3 unspecified atom stereocenters. The molecule has 0 radical (unpaired) electrons. The van der Waals surface area contributed by atoms with Crippen molar-refractivity contribution in [3.63, 3.8) is 0 Å². The van der Waals surface area contributed by atoms with Crippen molar-refractivity contribution < 1.29 is 26.7 Å². The van der Waals surface area contributed by atoms with Crippen LogP contribution in [0.25, 0.3) is 17.3 Å². The second-order valence-corrected chi connectivity index (χ2v) is 12.7. The van der Waals surface area contributed by atoms with Crippen molar-refractivity contribution in [2.24, 2.45) is 5.73 Å². The van der Waals surface area contributed by atoms with Crippen molar-refractivity contribution in [3.8, 4) is 17.3 Å². The van der Waals surface area contributed by atoms with Crippen LogP contribution in [0.1, 0.15) is 64.9 Å². The van der Waals surface area contributed by atoms with Crippen LogP contribution < -0.4 is 5.73 Å². The van der Waals surface area contributed by atoms with Crippen LogP contribution in [0.5, 0.6) is 0 Å². The Labute approximate surface area is 280 Å². The lowest BCUT2D eigenvalue weighted by Gasteiger charge is -2.48. The van der Waals surface area contributed by atoms with E-state index in [1.54, 1.807) is 47.5 Å². The molecule has 6 rings (SSSR count). The number of aryl methyl sites for hydroxylation is 1. The number of benzene rings is 3. The third-order valence-corrected chi connectivity index (χ3v) is 9.59. The number of carbonyl (C=O) groups excluding carboxylic acids is 1. The molecule has 12 heteroatoms. The maximum atomic E-state index is 15.1. The van der Waals surface area contributed by atoms with E-state index in [9.17, 15) is 27.6 Å². The minimum atomic E-state index is -4.84. The third kappa shape index (κ3) is 7.28. The fourth-order valence-corrected chi connectivity index (χ4v) is 6.92. The number of nitrogens with one attached hydrogen (secondary N) is 1. The summed E-state index contributed by atoms with van der Waals surface area (Å²) in [4.78, 5) is 26.1. The van der Waals surface area contributed by atoms with Gasteiger partial charge in [-0.05, 0) is 92.4 Å². The van der Waals surface area contributed by atoms with Gasteiger partial charge in [0.1, 0.15) is 17.5 Å². The lowest BCUT2D eigenvalue weighted by atomic mass is 9.80. The maximum absolute atomic E-state index is 15.1. The second kappa shape index (κ2) is 13.9. The van der Waals surface area contributed by atoms with Gasteiger partial charge >= 0.3 is 6.18 Å². The van der Waals surface area contributed by atoms with Gasteiger partial charge in [0, 0.05) is 36.2 Å². The van der Waals surface area contributed by atoms with Gasteiger partial charge in [-0.2, -0.15) is 18.4 Å². The Bertz CT molecular complexity index is 1870. The standard InChI is InChI=1S/C37H35F5N6O/c1-22-2-12-31(37(40,41)42)29(34(22)39)11-13-33(49)48-21-28(47-16-14-27(44)15-17-47)18-30(24-7-9-26(38)10-8-24)35(48)36-45-20-32(46-36)25-5-3-23(19-43)4-6-25/h2-13,20,27-28,30,35H,14-18,21,44H2,1H3,(H,45,46)/b13-11+. The SMILES string of the molecule is Cc1ccc(C(F)(F)F)c(/C=C/C(=O)N2CC(N3CCC(N)CC3)CC(c3ccc(F)cc3)C2c2ncc(-c3ccc(C#N)cc3)[nH]2)c1F. The molecule has 0 spiro atoms. The number of likely N-dealkylation sites (tertiary alicyclic amines) is 2. The van der Waals surface area contributed by atoms with Gasteiger partial charge in [-0.3, -0.25) is 9.69 Å². The predicted molar refractivity (Wildman–Crippen MR) is 175 cm³/mol. The molecule has 2 fully saturated rings. The van der Waals surface area contributed by atoms with Gasteiger partial charge in [0.2, 0.25) is 5.91 Å². The van der Waals surface area contributed by atoms with E-state index in [2.05, 4.69) is 20.9 Å². The lowest BCUT2D eigenvalue weighted by molar-refractivity contribution is -0.138. The molecule has 1 aromatic heterocycles. The van der Waals surface area contributed by atoms with Crippen LogP contribution in [0.3, 0.4) is 0 Å². The molecule has 4 aromatic rings. The number of nitrogens with two attached hydrogens (primary N) is 1. The monoisotopic (exact) mass is 674 g/mol. The molecule has 3 N–H and O–H groups in total. The van der Waals surface area contributed by atoms with Gasteiger partial charge in [-0.1, -0.05) is 30.3 Å². The average molecular weight is 675 g/mol. The van der Waals surface area contributed by atoms with Crippen molar-refractivity contribution >= 4 is 12.0 Å². The molecule has 1 amide bonds. The van der Waals surface area contributed by atoms with Gasteiger partial charge in [0.25, 0.3) is 0 Å². The molecule has 2 aliphatic rings. The third-order valence-electron chi connectivity index (χ3n) is 9.59. The molecule has 0 bridgehead atoms. The summed E-state index contributed by atoms with van der Waals surface area (Å²) in [6.07, 6.45) is 0.784. The Morgan fingerprint density at radius 3 is 2.39 bits per heavy atom. The highest BCUT2D eigenvalue weighted by atomic mass is 19.4. The number of H-pyrrole nitrogens is 1. The topological polar surface area (TPSA) is 102 Å². The number of piperidine rings is 2. The summed E-state index contributed by atoms with van der Waals surface area (Å²) in [5.41, 5.74) is 6.93. The fourth-order valence-electron chi connectivity index (χ4n) is 6.92. The van der Waals surface area contributed by atoms with Crippen LogP contribution in [0.2, 0.25) is 0 Å².